The molecule has 0 aliphatic rings. The molecule has 0 aliphatic carbocycles. The number of hydrogen-bond acceptors (Lipinski definition) is 2. The van der Waals surface area contributed by atoms with Crippen LogP contribution in [0.4, 0.5) is 0 Å². The van der Waals surface area contributed by atoms with E-state index in [2.05, 4.69) is 6.58 Å². The third kappa shape index (κ3) is 1.03. The van der Waals surface area contributed by atoms with Crippen LogP contribution in [0.25, 0.3) is 5.57 Å². The molecule has 3 nitrogen and oxygen atoms in total. The smallest absolute Gasteiger partial charge is 0.336 e. The number of rotatable bonds is 1. The van der Waals surface area contributed by atoms with Crippen molar-refractivity contribution in [3.05, 3.63) is 23.9 Å². The predicted molar refractivity (Wildman–Crippen MR) is 35.5 cm³/mol. The predicted octanol–water partition coefficient (Wildman–Crippen LogP) is 1.22. The zero-order valence-electron chi connectivity index (χ0n) is 5.97. The van der Waals surface area contributed by atoms with Gasteiger partial charge in [0.1, 0.15) is 0 Å². The molecule has 0 radical (unpaired) electrons. The first-order chi connectivity index (χ1) is 4.61. The minimum atomic E-state index is -0.421. The summed E-state index contributed by atoms with van der Waals surface area (Å²) in [4.78, 5) is 8.71. The van der Waals surface area contributed by atoms with E-state index in [1.54, 1.807) is 13.8 Å². The summed E-state index contributed by atoms with van der Waals surface area (Å²) in [5.41, 5.74) is 0.738. The van der Waals surface area contributed by atoms with Gasteiger partial charge < -0.3 is 4.79 Å². The zero-order valence-corrected chi connectivity index (χ0v) is 5.97. The molecule has 0 aliphatic heterocycles. The van der Waals surface area contributed by atoms with E-state index in [0.29, 0.717) is 11.5 Å². The van der Waals surface area contributed by atoms with Crippen molar-refractivity contribution in [2.45, 2.75) is 13.8 Å². The van der Waals surface area contributed by atoms with Gasteiger partial charge >= 0.3 is 5.82 Å². The molecular weight excluding hydrogens is 132 g/mol. The van der Waals surface area contributed by atoms with Crippen molar-refractivity contribution in [3.8, 4) is 0 Å². The van der Waals surface area contributed by atoms with E-state index in [9.17, 15) is 0 Å². The van der Waals surface area contributed by atoms with Gasteiger partial charge in [-0.05, 0) is 6.92 Å². The van der Waals surface area contributed by atoms with Crippen LogP contribution in [0.1, 0.15) is 18.4 Å². The van der Waals surface area contributed by atoms with Gasteiger partial charge in [0.2, 0.25) is 0 Å². The van der Waals surface area contributed by atoms with Crippen molar-refractivity contribution < 1.29 is 13.6 Å². The highest BCUT2D eigenvalue weighted by atomic mass is 16.6. The minimum Gasteiger partial charge on any atom is -0.336 e. The fraction of sp³-hybridized carbons (Fsp3) is 0.286. The standard InChI is InChI=1S/C7H8O3/c1-4(2)6-5(3)9-7(8)10-6/h1H2,2-3H3/p+1. The molecule has 0 saturated heterocycles. The molecule has 0 bridgehead atoms. The summed E-state index contributed by atoms with van der Waals surface area (Å²) >= 11 is 0. The van der Waals surface area contributed by atoms with Gasteiger partial charge in [-0.15, -0.1) is 0 Å². The fourth-order valence-corrected chi connectivity index (χ4v) is 0.745. The Morgan fingerprint density at radius 1 is 1.50 bits per heavy atom. The second kappa shape index (κ2) is 2.17. The lowest BCUT2D eigenvalue weighted by Gasteiger charge is -1.81. The van der Waals surface area contributed by atoms with Gasteiger partial charge in [0.15, 0.2) is 0 Å². The third-order valence-electron chi connectivity index (χ3n) is 1.14. The molecule has 0 spiro atoms. The Hall–Kier alpha value is -1.25. The van der Waals surface area contributed by atoms with Crippen molar-refractivity contribution in [2.24, 2.45) is 0 Å². The average Bonchev–Trinajstić information content (AvgIpc) is 2.10. The molecule has 0 amide bonds. The molecule has 1 aromatic heterocycles. The largest absolute Gasteiger partial charge is 0.724 e. The maximum absolute atomic E-state index is 8.71. The highest BCUT2D eigenvalue weighted by molar-refractivity contribution is 5.56. The summed E-state index contributed by atoms with van der Waals surface area (Å²) < 4.78 is 9.47. The van der Waals surface area contributed by atoms with Gasteiger partial charge in [0, 0.05) is 12.5 Å². The first-order valence-corrected chi connectivity index (χ1v) is 2.89. The van der Waals surface area contributed by atoms with Gasteiger partial charge in [-0.2, -0.15) is 0 Å². The number of hydrogen-bond donors (Lipinski definition) is 0. The average molecular weight is 141 g/mol. The Bertz CT molecular complexity index is 303. The van der Waals surface area contributed by atoms with Crippen LogP contribution in [0.15, 0.2) is 15.4 Å². The molecule has 1 N–H and O–H groups in total. The van der Waals surface area contributed by atoms with Crippen molar-refractivity contribution in [1.29, 1.82) is 0 Å². The van der Waals surface area contributed by atoms with Crippen molar-refractivity contribution in [1.82, 2.24) is 0 Å². The van der Waals surface area contributed by atoms with Crippen LogP contribution in [0.5, 0.6) is 0 Å². The summed E-state index contributed by atoms with van der Waals surface area (Å²) in [5, 5.41) is 0. The lowest BCUT2D eigenvalue weighted by Crippen LogP contribution is -1.89. The summed E-state index contributed by atoms with van der Waals surface area (Å²) in [6, 6.07) is 0. The molecule has 1 rings (SSSR count). The number of allylic oxidation sites excluding steroid dienone is 1. The van der Waals surface area contributed by atoms with E-state index < -0.39 is 5.82 Å². The third-order valence-corrected chi connectivity index (χ3v) is 1.14. The van der Waals surface area contributed by atoms with E-state index in [1.807, 2.05) is 0 Å². The molecule has 0 aromatic carbocycles. The van der Waals surface area contributed by atoms with E-state index in [4.69, 9.17) is 13.6 Å². The molecule has 1 heterocycles. The van der Waals surface area contributed by atoms with Crippen LogP contribution >= 0.6 is 0 Å². The monoisotopic (exact) mass is 141 g/mol. The Labute approximate surface area is 58.0 Å². The summed E-state index contributed by atoms with van der Waals surface area (Å²) in [7, 11) is 0. The van der Waals surface area contributed by atoms with Crippen LogP contribution in [0, 0.1) is 6.92 Å². The fourth-order valence-electron chi connectivity index (χ4n) is 0.745. The molecule has 0 atom stereocenters. The van der Waals surface area contributed by atoms with E-state index in [1.165, 1.54) is 0 Å². The molecular formula is C7H9O3+. The van der Waals surface area contributed by atoms with Crippen LogP contribution < -0.4 is 5.82 Å². The molecule has 10 heavy (non-hydrogen) atoms. The molecule has 1 aromatic rings. The topological polar surface area (TPSA) is 47.7 Å². The SMILES string of the molecule is C=C(C)c1oc(=[OH+])oc1C. The molecule has 0 unspecified atom stereocenters. The lowest BCUT2D eigenvalue weighted by molar-refractivity contribution is 0.245. The first-order valence-electron chi connectivity index (χ1n) is 2.89. The van der Waals surface area contributed by atoms with Gasteiger partial charge in [0.25, 0.3) is 11.5 Å². The molecule has 0 fully saturated rings. The van der Waals surface area contributed by atoms with Crippen molar-refractivity contribution in [3.63, 3.8) is 0 Å². The van der Waals surface area contributed by atoms with Crippen LogP contribution in [0.2, 0.25) is 0 Å². The summed E-state index contributed by atoms with van der Waals surface area (Å²) in [6.45, 7) is 7.11. The molecule has 0 saturated carbocycles. The quantitative estimate of drug-likeness (QED) is 0.552. The minimum absolute atomic E-state index is 0.421. The summed E-state index contributed by atoms with van der Waals surface area (Å²) in [5.74, 6) is 0.637. The Kier molecular flexibility index (Phi) is 1.49. The van der Waals surface area contributed by atoms with Gasteiger partial charge in [0.05, 0.1) is 0 Å². The van der Waals surface area contributed by atoms with E-state index >= 15 is 0 Å². The van der Waals surface area contributed by atoms with Crippen molar-refractivity contribution >= 4 is 5.57 Å². The Morgan fingerprint density at radius 2 is 2.10 bits per heavy atom. The summed E-state index contributed by atoms with van der Waals surface area (Å²) in [6.07, 6.45) is 0. The Balaban J connectivity index is 3.28. The second-order valence-electron chi connectivity index (χ2n) is 2.14. The van der Waals surface area contributed by atoms with Gasteiger partial charge in [-0.3, -0.25) is 8.83 Å². The van der Waals surface area contributed by atoms with E-state index in [-0.39, 0.29) is 0 Å². The van der Waals surface area contributed by atoms with Crippen LogP contribution in [0.3, 0.4) is 0 Å². The maximum atomic E-state index is 8.71. The highest BCUT2D eigenvalue weighted by Crippen LogP contribution is 2.13. The Morgan fingerprint density at radius 3 is 2.30 bits per heavy atom. The lowest BCUT2D eigenvalue weighted by atomic mass is 10.2. The van der Waals surface area contributed by atoms with Crippen LogP contribution in [-0.4, -0.2) is 4.79 Å². The van der Waals surface area contributed by atoms with Gasteiger partial charge in [-0.25, -0.2) is 0 Å². The normalized spacial score (nSPS) is 9.80. The van der Waals surface area contributed by atoms with Gasteiger partial charge in [-0.1, -0.05) is 6.58 Å². The first kappa shape index (κ1) is 6.86. The number of aryl methyl sites for hydroxylation is 1. The maximum Gasteiger partial charge on any atom is 0.724 e. The van der Waals surface area contributed by atoms with Crippen LogP contribution in [-0.2, 0) is 0 Å². The highest BCUT2D eigenvalue weighted by Gasteiger charge is 2.16. The molecule has 3 heteroatoms. The zero-order chi connectivity index (χ0) is 7.72. The second-order valence-corrected chi connectivity index (χ2v) is 2.14. The van der Waals surface area contributed by atoms with E-state index in [0.717, 1.165) is 5.57 Å². The van der Waals surface area contributed by atoms with Crippen molar-refractivity contribution in [2.75, 3.05) is 0 Å². The molecule has 54 valence electrons.